The third-order valence-electron chi connectivity index (χ3n) is 3.64. The van der Waals surface area contributed by atoms with Crippen molar-refractivity contribution in [1.82, 2.24) is 10.6 Å². The average molecular weight is 552 g/mol. The Kier molecular flexibility index (Phi) is 12.9. The molecule has 0 radical (unpaired) electrons. The molecule has 1 heterocycles. The minimum Gasteiger partial charge on any atom is -0.469 e. The van der Waals surface area contributed by atoms with E-state index in [1.807, 2.05) is 36.0 Å². The number of hydrogen-bond donors (Lipinski definition) is 2. The highest BCUT2D eigenvalue weighted by Crippen LogP contribution is 2.11. The molecule has 2 rings (SSSR count). The average Bonchev–Trinajstić information content (AvgIpc) is 3.13. The standard InChI is InChI=1S/C19H26BrN3OS.HI/c1-25-14-3-2-11-21-19(22-12-10-18-5-4-13-24-18)23-15-16-6-8-17(20)9-7-16;/h4-9,13H,2-3,10-12,14-15H2,1H3,(H2,21,22,23);1H. The normalized spacial score (nSPS) is 11.1. The Morgan fingerprint density at radius 2 is 1.88 bits per heavy atom. The van der Waals surface area contributed by atoms with Gasteiger partial charge in [0.05, 0.1) is 12.8 Å². The summed E-state index contributed by atoms with van der Waals surface area (Å²) in [6, 6.07) is 12.2. The van der Waals surface area contributed by atoms with Gasteiger partial charge >= 0.3 is 0 Å². The van der Waals surface area contributed by atoms with Crippen molar-refractivity contribution in [3.8, 4) is 0 Å². The molecule has 0 unspecified atom stereocenters. The Balaban J connectivity index is 0.00000338. The summed E-state index contributed by atoms with van der Waals surface area (Å²) in [4.78, 5) is 4.70. The molecule has 2 aromatic rings. The van der Waals surface area contributed by atoms with Crippen molar-refractivity contribution in [2.24, 2.45) is 4.99 Å². The van der Waals surface area contributed by atoms with Gasteiger partial charge in [-0.1, -0.05) is 28.1 Å². The van der Waals surface area contributed by atoms with Crippen LogP contribution >= 0.6 is 51.7 Å². The van der Waals surface area contributed by atoms with Crippen LogP contribution in [0.1, 0.15) is 24.2 Å². The number of thioether (sulfide) groups is 1. The number of aliphatic imine (C=N–C) groups is 1. The number of nitrogens with zero attached hydrogens (tertiary/aromatic N) is 1. The minimum atomic E-state index is 0. The number of furan rings is 1. The molecule has 0 bridgehead atoms. The molecule has 0 atom stereocenters. The van der Waals surface area contributed by atoms with E-state index < -0.39 is 0 Å². The molecule has 0 saturated carbocycles. The summed E-state index contributed by atoms with van der Waals surface area (Å²) in [7, 11) is 0. The third kappa shape index (κ3) is 9.87. The van der Waals surface area contributed by atoms with Crippen LogP contribution < -0.4 is 10.6 Å². The van der Waals surface area contributed by atoms with E-state index in [9.17, 15) is 0 Å². The third-order valence-corrected chi connectivity index (χ3v) is 4.87. The maximum atomic E-state index is 5.37. The molecule has 7 heteroatoms. The van der Waals surface area contributed by atoms with Gasteiger partial charge in [-0.05, 0) is 54.7 Å². The van der Waals surface area contributed by atoms with Gasteiger partial charge in [-0.15, -0.1) is 24.0 Å². The van der Waals surface area contributed by atoms with Crippen molar-refractivity contribution in [1.29, 1.82) is 0 Å². The van der Waals surface area contributed by atoms with Crippen molar-refractivity contribution in [3.63, 3.8) is 0 Å². The number of nitrogens with one attached hydrogen (secondary N) is 2. The van der Waals surface area contributed by atoms with Crippen LogP contribution in [-0.4, -0.2) is 31.1 Å². The Morgan fingerprint density at radius 1 is 1.12 bits per heavy atom. The first-order valence-corrected chi connectivity index (χ1v) is 10.7. The molecule has 26 heavy (non-hydrogen) atoms. The first kappa shape index (κ1) is 23.4. The number of unbranched alkanes of at least 4 members (excludes halogenated alkanes) is 1. The Bertz CT molecular complexity index is 620. The van der Waals surface area contributed by atoms with Crippen LogP contribution in [0.4, 0.5) is 0 Å². The second-order valence-electron chi connectivity index (χ2n) is 5.67. The minimum absolute atomic E-state index is 0. The fourth-order valence-electron chi connectivity index (χ4n) is 2.27. The predicted molar refractivity (Wildman–Crippen MR) is 127 cm³/mol. The summed E-state index contributed by atoms with van der Waals surface area (Å²) in [5.74, 6) is 3.05. The molecule has 1 aromatic heterocycles. The van der Waals surface area contributed by atoms with Crippen LogP contribution in [-0.2, 0) is 13.0 Å². The van der Waals surface area contributed by atoms with Crippen LogP contribution in [0.25, 0.3) is 0 Å². The first-order chi connectivity index (χ1) is 12.3. The molecule has 0 aliphatic carbocycles. The van der Waals surface area contributed by atoms with E-state index in [2.05, 4.69) is 45.0 Å². The first-order valence-electron chi connectivity index (χ1n) is 8.56. The zero-order valence-electron chi connectivity index (χ0n) is 15.0. The summed E-state index contributed by atoms with van der Waals surface area (Å²) in [6.07, 6.45) is 7.08. The highest BCUT2D eigenvalue weighted by Gasteiger charge is 2.01. The molecule has 0 fully saturated rings. The van der Waals surface area contributed by atoms with Crippen LogP contribution in [0.3, 0.4) is 0 Å². The number of benzene rings is 1. The fraction of sp³-hybridized carbons (Fsp3) is 0.421. The van der Waals surface area contributed by atoms with Gasteiger partial charge in [-0.3, -0.25) is 0 Å². The van der Waals surface area contributed by atoms with E-state index in [4.69, 9.17) is 9.41 Å². The van der Waals surface area contributed by atoms with Crippen LogP contribution in [0.2, 0.25) is 0 Å². The maximum Gasteiger partial charge on any atom is 0.191 e. The van der Waals surface area contributed by atoms with Gasteiger partial charge in [0.15, 0.2) is 5.96 Å². The number of guanidine groups is 1. The SMILES string of the molecule is CSCCCCNC(=NCc1ccc(Br)cc1)NCCc1ccco1.I. The van der Waals surface area contributed by atoms with Gasteiger partial charge < -0.3 is 15.1 Å². The van der Waals surface area contributed by atoms with E-state index in [-0.39, 0.29) is 24.0 Å². The van der Waals surface area contributed by atoms with Gasteiger partial charge in [-0.25, -0.2) is 4.99 Å². The van der Waals surface area contributed by atoms with Crippen LogP contribution in [0, 0.1) is 0 Å². The van der Waals surface area contributed by atoms with Crippen molar-refractivity contribution in [2.45, 2.75) is 25.8 Å². The van der Waals surface area contributed by atoms with Crippen molar-refractivity contribution in [3.05, 3.63) is 58.5 Å². The van der Waals surface area contributed by atoms with Gasteiger partial charge in [0.2, 0.25) is 0 Å². The zero-order valence-corrected chi connectivity index (χ0v) is 19.8. The van der Waals surface area contributed by atoms with E-state index >= 15 is 0 Å². The lowest BCUT2D eigenvalue weighted by molar-refractivity contribution is 0.506. The van der Waals surface area contributed by atoms with Crippen molar-refractivity contribution in [2.75, 3.05) is 25.1 Å². The molecule has 0 saturated heterocycles. The van der Waals surface area contributed by atoms with Gasteiger partial charge in [0.1, 0.15) is 5.76 Å². The highest BCUT2D eigenvalue weighted by atomic mass is 127. The second kappa shape index (κ2) is 14.4. The molecular weight excluding hydrogens is 525 g/mol. The number of rotatable bonds is 10. The molecule has 4 nitrogen and oxygen atoms in total. The summed E-state index contributed by atoms with van der Waals surface area (Å²) in [5, 5.41) is 6.83. The molecule has 0 amide bonds. The molecule has 1 aromatic carbocycles. The lowest BCUT2D eigenvalue weighted by Crippen LogP contribution is -2.39. The van der Waals surface area contributed by atoms with Crippen molar-refractivity contribution >= 4 is 57.6 Å². The Hall–Kier alpha value is -0.670. The van der Waals surface area contributed by atoms with Gasteiger partial charge in [-0.2, -0.15) is 11.8 Å². The van der Waals surface area contributed by atoms with E-state index in [1.165, 1.54) is 17.7 Å². The van der Waals surface area contributed by atoms with Crippen LogP contribution in [0.15, 0.2) is 56.5 Å². The number of halogens is 2. The zero-order chi connectivity index (χ0) is 17.7. The van der Waals surface area contributed by atoms with Crippen LogP contribution in [0.5, 0.6) is 0 Å². The Labute approximate surface area is 186 Å². The summed E-state index contributed by atoms with van der Waals surface area (Å²) in [6.45, 7) is 2.39. The predicted octanol–water partition coefficient (Wildman–Crippen LogP) is 5.08. The van der Waals surface area contributed by atoms with E-state index in [0.717, 1.165) is 42.1 Å². The van der Waals surface area contributed by atoms with Gasteiger partial charge in [0, 0.05) is 24.0 Å². The summed E-state index contributed by atoms with van der Waals surface area (Å²) >= 11 is 5.36. The molecule has 0 spiro atoms. The lowest BCUT2D eigenvalue weighted by atomic mass is 10.2. The monoisotopic (exact) mass is 551 g/mol. The molecule has 0 aliphatic rings. The van der Waals surface area contributed by atoms with E-state index in [1.54, 1.807) is 6.26 Å². The fourth-order valence-corrected chi connectivity index (χ4v) is 3.03. The Morgan fingerprint density at radius 3 is 2.58 bits per heavy atom. The molecule has 2 N–H and O–H groups in total. The lowest BCUT2D eigenvalue weighted by Gasteiger charge is -2.12. The largest absolute Gasteiger partial charge is 0.469 e. The molecule has 144 valence electrons. The number of hydrogen-bond acceptors (Lipinski definition) is 3. The summed E-state index contributed by atoms with van der Waals surface area (Å²) < 4.78 is 6.46. The highest BCUT2D eigenvalue weighted by molar-refractivity contribution is 14.0. The maximum absolute atomic E-state index is 5.37. The quantitative estimate of drug-likeness (QED) is 0.187. The smallest absolute Gasteiger partial charge is 0.191 e. The second-order valence-corrected chi connectivity index (χ2v) is 7.58. The summed E-state index contributed by atoms with van der Waals surface area (Å²) in [5.41, 5.74) is 1.19. The molecule has 0 aliphatic heterocycles. The van der Waals surface area contributed by atoms with Crippen molar-refractivity contribution < 1.29 is 4.42 Å². The molecular formula is C19H27BrIN3OS. The van der Waals surface area contributed by atoms with Gasteiger partial charge in [0.25, 0.3) is 0 Å². The van der Waals surface area contributed by atoms with E-state index in [0.29, 0.717) is 6.54 Å². The topological polar surface area (TPSA) is 49.6 Å².